The summed E-state index contributed by atoms with van der Waals surface area (Å²) in [5, 5.41) is 9.18. The van der Waals surface area contributed by atoms with Crippen LogP contribution in [0.3, 0.4) is 0 Å². The lowest BCUT2D eigenvalue weighted by atomic mass is 10.0. The molecule has 246 valence electrons. The molecule has 0 bridgehead atoms. The van der Waals surface area contributed by atoms with Gasteiger partial charge in [-0.1, -0.05) is 42.5 Å². The number of carbonyl (C=O) groups is 4. The highest BCUT2D eigenvalue weighted by Crippen LogP contribution is 2.29. The highest BCUT2D eigenvalue weighted by molar-refractivity contribution is 5.90. The Morgan fingerprint density at radius 1 is 1.06 bits per heavy atom. The lowest BCUT2D eigenvalue weighted by molar-refractivity contribution is -0.123. The Balaban J connectivity index is 1.23. The summed E-state index contributed by atoms with van der Waals surface area (Å²) in [4.78, 5) is 54.0. The van der Waals surface area contributed by atoms with E-state index < -0.39 is 35.8 Å². The number of amides is 4. The fourth-order valence-electron chi connectivity index (χ4n) is 5.30. The highest BCUT2D eigenvalue weighted by atomic mass is 19.1. The SMILES string of the molecule is CC(=O)NCC1CN(c2ccc(-c3ccc(CNC(=O)C(Cc4c[nH]c5ccccc45)NC(=O)OC(C)(C)C)cc3)c(F)c2)C(=O)O1. The summed E-state index contributed by atoms with van der Waals surface area (Å²) in [5.41, 5.74) is 3.14. The number of anilines is 1. The van der Waals surface area contributed by atoms with Crippen LogP contribution < -0.4 is 20.9 Å². The number of ether oxygens (including phenoxy) is 2. The number of aromatic amines is 1. The van der Waals surface area contributed by atoms with E-state index in [4.69, 9.17) is 9.47 Å². The molecule has 12 heteroatoms. The molecule has 1 fully saturated rings. The van der Waals surface area contributed by atoms with Gasteiger partial charge < -0.3 is 30.4 Å². The Hall–Kier alpha value is -5.39. The third kappa shape index (κ3) is 8.46. The molecule has 4 amide bonds. The predicted octanol–water partition coefficient (Wildman–Crippen LogP) is 5.19. The van der Waals surface area contributed by atoms with Crippen LogP contribution >= 0.6 is 0 Å². The molecule has 3 aromatic carbocycles. The molecular formula is C35H38FN5O6. The normalized spacial score (nSPS) is 15.2. The molecule has 1 aliphatic rings. The molecule has 5 rings (SSSR count). The first-order chi connectivity index (χ1) is 22.4. The number of alkyl carbamates (subject to hydrolysis) is 1. The van der Waals surface area contributed by atoms with Crippen molar-refractivity contribution in [3.63, 3.8) is 0 Å². The number of nitrogens with zero attached hydrogens (tertiary/aromatic N) is 1. The van der Waals surface area contributed by atoms with Crippen molar-refractivity contribution in [1.29, 1.82) is 0 Å². The zero-order valence-electron chi connectivity index (χ0n) is 26.7. The van der Waals surface area contributed by atoms with E-state index in [0.29, 0.717) is 16.8 Å². The highest BCUT2D eigenvalue weighted by Gasteiger charge is 2.33. The monoisotopic (exact) mass is 643 g/mol. The Morgan fingerprint density at radius 2 is 1.81 bits per heavy atom. The first-order valence-electron chi connectivity index (χ1n) is 15.3. The van der Waals surface area contributed by atoms with Gasteiger partial charge in [-0.05, 0) is 61.7 Å². The lowest BCUT2D eigenvalue weighted by Gasteiger charge is -2.23. The summed E-state index contributed by atoms with van der Waals surface area (Å²) in [6.45, 7) is 7.17. The minimum Gasteiger partial charge on any atom is -0.444 e. The van der Waals surface area contributed by atoms with Gasteiger partial charge in [-0.25, -0.2) is 14.0 Å². The number of cyclic esters (lactones) is 1. The number of hydrogen-bond acceptors (Lipinski definition) is 6. The number of fused-ring (bicyclic) bond motifs is 1. The molecule has 0 saturated carbocycles. The molecule has 1 saturated heterocycles. The van der Waals surface area contributed by atoms with Gasteiger partial charge in [-0.2, -0.15) is 0 Å². The van der Waals surface area contributed by atoms with Gasteiger partial charge in [0.05, 0.1) is 18.8 Å². The van der Waals surface area contributed by atoms with Gasteiger partial charge in [0.1, 0.15) is 23.6 Å². The van der Waals surface area contributed by atoms with Crippen LogP contribution in [-0.4, -0.2) is 59.8 Å². The number of benzene rings is 3. The van der Waals surface area contributed by atoms with Crippen molar-refractivity contribution in [3.8, 4) is 11.1 Å². The van der Waals surface area contributed by atoms with E-state index in [9.17, 15) is 19.2 Å². The quantitative estimate of drug-likeness (QED) is 0.188. The number of carbonyl (C=O) groups excluding carboxylic acids is 4. The maximum absolute atomic E-state index is 15.2. The number of aromatic nitrogens is 1. The van der Waals surface area contributed by atoms with Crippen molar-refractivity contribution in [2.45, 2.75) is 58.4 Å². The van der Waals surface area contributed by atoms with Gasteiger partial charge in [-0.3, -0.25) is 14.5 Å². The minimum atomic E-state index is -0.899. The number of nitrogens with one attached hydrogen (secondary N) is 4. The van der Waals surface area contributed by atoms with Gasteiger partial charge in [0, 0.05) is 42.6 Å². The van der Waals surface area contributed by atoms with Gasteiger partial charge in [0.15, 0.2) is 0 Å². The van der Waals surface area contributed by atoms with E-state index in [1.807, 2.05) is 30.5 Å². The summed E-state index contributed by atoms with van der Waals surface area (Å²) < 4.78 is 25.9. The van der Waals surface area contributed by atoms with Crippen molar-refractivity contribution < 1.29 is 33.0 Å². The zero-order chi connectivity index (χ0) is 33.7. The maximum Gasteiger partial charge on any atom is 0.414 e. The van der Waals surface area contributed by atoms with Crippen molar-refractivity contribution in [1.82, 2.24) is 20.9 Å². The summed E-state index contributed by atoms with van der Waals surface area (Å²) in [5.74, 6) is -1.13. The van der Waals surface area contributed by atoms with Crippen molar-refractivity contribution >= 4 is 40.6 Å². The predicted molar refractivity (Wildman–Crippen MR) is 175 cm³/mol. The Morgan fingerprint density at radius 3 is 2.51 bits per heavy atom. The van der Waals surface area contributed by atoms with E-state index in [1.165, 1.54) is 17.9 Å². The van der Waals surface area contributed by atoms with Gasteiger partial charge in [-0.15, -0.1) is 0 Å². The second-order valence-electron chi connectivity index (χ2n) is 12.4. The Labute approximate surface area is 271 Å². The molecule has 11 nitrogen and oxygen atoms in total. The standard InChI is InChI=1S/C35H38FN5O6/c1-21(42)37-19-26-20-41(34(45)46-26)25-13-14-27(29(36)16-25)23-11-9-22(10-12-23)17-39-32(43)31(40-33(44)47-35(2,3)4)15-24-18-38-30-8-6-5-7-28(24)30/h5-14,16,18,26,31,38H,15,17,19-20H2,1-4H3,(H,37,42)(H,39,43)(H,40,44). The molecule has 0 aliphatic carbocycles. The Kier molecular flexibility index (Phi) is 9.78. The molecule has 1 aliphatic heterocycles. The molecule has 2 atom stereocenters. The second-order valence-corrected chi connectivity index (χ2v) is 12.4. The summed E-state index contributed by atoms with van der Waals surface area (Å²) >= 11 is 0. The van der Waals surface area contributed by atoms with Crippen LogP contribution in [0.5, 0.6) is 0 Å². The van der Waals surface area contributed by atoms with Crippen LogP contribution in [0.2, 0.25) is 0 Å². The van der Waals surface area contributed by atoms with Gasteiger partial charge in [0.25, 0.3) is 0 Å². The molecule has 1 aromatic heterocycles. The summed E-state index contributed by atoms with van der Waals surface area (Å²) in [6, 6.07) is 18.4. The average molecular weight is 644 g/mol. The van der Waals surface area contributed by atoms with E-state index in [1.54, 1.807) is 57.2 Å². The molecule has 0 radical (unpaired) electrons. The average Bonchev–Trinajstić information content (AvgIpc) is 3.60. The van der Waals surface area contributed by atoms with Gasteiger partial charge in [0.2, 0.25) is 11.8 Å². The van der Waals surface area contributed by atoms with E-state index in [0.717, 1.165) is 22.0 Å². The smallest absolute Gasteiger partial charge is 0.414 e. The minimum absolute atomic E-state index is 0.177. The maximum atomic E-state index is 15.2. The van der Waals surface area contributed by atoms with Crippen LogP contribution in [-0.2, 0) is 32.0 Å². The number of halogens is 1. The van der Waals surface area contributed by atoms with Crippen LogP contribution in [0.1, 0.15) is 38.8 Å². The van der Waals surface area contributed by atoms with Crippen LogP contribution in [0.25, 0.3) is 22.0 Å². The third-order valence-electron chi connectivity index (χ3n) is 7.56. The van der Waals surface area contributed by atoms with E-state index >= 15 is 4.39 Å². The fraction of sp³-hybridized carbons (Fsp3) is 0.314. The summed E-state index contributed by atoms with van der Waals surface area (Å²) in [6.07, 6.45) is 0.242. The molecule has 2 unspecified atom stereocenters. The number of H-pyrrole nitrogens is 1. The Bertz CT molecular complexity index is 1780. The first-order valence-corrected chi connectivity index (χ1v) is 15.3. The van der Waals surface area contributed by atoms with Crippen molar-refractivity contribution in [3.05, 3.63) is 89.9 Å². The molecule has 47 heavy (non-hydrogen) atoms. The lowest BCUT2D eigenvalue weighted by Crippen LogP contribution is -2.49. The van der Waals surface area contributed by atoms with Gasteiger partial charge >= 0.3 is 12.2 Å². The van der Waals surface area contributed by atoms with E-state index in [2.05, 4.69) is 20.9 Å². The molecular weight excluding hydrogens is 605 g/mol. The number of hydrogen-bond donors (Lipinski definition) is 4. The first kappa shape index (κ1) is 33.0. The molecule has 0 spiro atoms. The zero-order valence-corrected chi connectivity index (χ0v) is 26.7. The van der Waals surface area contributed by atoms with E-state index in [-0.39, 0.29) is 37.9 Å². The van der Waals surface area contributed by atoms with Crippen LogP contribution in [0.15, 0.2) is 72.9 Å². The number of para-hydroxylation sites is 1. The largest absolute Gasteiger partial charge is 0.444 e. The number of rotatable bonds is 10. The summed E-state index contributed by atoms with van der Waals surface area (Å²) in [7, 11) is 0. The second kappa shape index (κ2) is 13.9. The topological polar surface area (TPSA) is 142 Å². The third-order valence-corrected chi connectivity index (χ3v) is 7.56. The van der Waals surface area contributed by atoms with Crippen LogP contribution in [0.4, 0.5) is 19.7 Å². The fourth-order valence-corrected chi connectivity index (χ4v) is 5.30. The molecule has 4 N–H and O–H groups in total. The van der Waals surface area contributed by atoms with Crippen molar-refractivity contribution in [2.24, 2.45) is 0 Å². The molecule has 4 aromatic rings. The van der Waals surface area contributed by atoms with Crippen molar-refractivity contribution in [2.75, 3.05) is 18.0 Å². The molecule has 2 heterocycles. The van der Waals surface area contributed by atoms with Crippen LogP contribution in [0, 0.1) is 5.82 Å².